The molecule has 1 aliphatic heterocycles. The van der Waals surface area contributed by atoms with Crippen LogP contribution in [0.15, 0.2) is 53.3 Å². The number of fused-ring (bicyclic) bond motifs is 2. The Kier molecular flexibility index (Phi) is 5.51. The monoisotopic (exact) mass is 470 g/mol. The lowest BCUT2D eigenvalue weighted by atomic mass is 10.0. The number of ether oxygens (including phenoxy) is 1. The van der Waals surface area contributed by atoms with Gasteiger partial charge in [0.1, 0.15) is 11.8 Å². The van der Waals surface area contributed by atoms with Crippen molar-refractivity contribution in [3.8, 4) is 5.75 Å². The van der Waals surface area contributed by atoms with Crippen LogP contribution >= 0.6 is 0 Å². The molecule has 1 fully saturated rings. The molecule has 0 unspecified atom stereocenters. The number of rotatable bonds is 6. The number of tetrazole rings is 1. The highest BCUT2D eigenvalue weighted by Crippen LogP contribution is 2.42. The molecular formula is C27H30N6O2. The second kappa shape index (κ2) is 8.83. The summed E-state index contributed by atoms with van der Waals surface area (Å²) in [7, 11) is 0. The topological polar surface area (TPSA) is 88.9 Å². The highest BCUT2D eigenvalue weighted by atomic mass is 16.5. The van der Waals surface area contributed by atoms with E-state index in [9.17, 15) is 4.79 Å². The first-order chi connectivity index (χ1) is 17.1. The van der Waals surface area contributed by atoms with Crippen LogP contribution in [0.4, 0.5) is 5.69 Å². The first-order valence-corrected chi connectivity index (χ1v) is 12.6. The van der Waals surface area contributed by atoms with Gasteiger partial charge >= 0.3 is 0 Å². The zero-order valence-corrected chi connectivity index (χ0v) is 20.1. The lowest BCUT2D eigenvalue weighted by molar-refractivity contribution is 0.340. The number of pyridine rings is 1. The van der Waals surface area contributed by atoms with Crippen molar-refractivity contribution in [2.45, 2.75) is 64.1 Å². The Hall–Kier alpha value is -3.68. The van der Waals surface area contributed by atoms with Crippen LogP contribution in [-0.4, -0.2) is 37.8 Å². The molecule has 4 aromatic rings. The van der Waals surface area contributed by atoms with E-state index in [-0.39, 0.29) is 17.6 Å². The van der Waals surface area contributed by atoms with Crippen molar-refractivity contribution in [2.75, 3.05) is 11.5 Å². The number of para-hydroxylation sites is 1. The molecule has 1 saturated carbocycles. The van der Waals surface area contributed by atoms with Gasteiger partial charge in [0, 0.05) is 28.2 Å². The number of nitrogens with one attached hydrogen (secondary N) is 1. The second-order valence-electron chi connectivity index (χ2n) is 9.65. The summed E-state index contributed by atoms with van der Waals surface area (Å²) in [6.45, 7) is 4.76. The fourth-order valence-electron chi connectivity index (χ4n) is 5.85. The van der Waals surface area contributed by atoms with Crippen molar-refractivity contribution in [1.82, 2.24) is 25.2 Å². The molecule has 0 amide bonds. The smallest absolute Gasteiger partial charge is 0.254 e. The molecule has 3 heterocycles. The number of aromatic amines is 1. The summed E-state index contributed by atoms with van der Waals surface area (Å²) in [5.74, 6) is 1.51. The predicted molar refractivity (Wildman–Crippen MR) is 135 cm³/mol. The molecule has 0 bridgehead atoms. The fraction of sp³-hybridized carbons (Fsp3) is 0.407. The van der Waals surface area contributed by atoms with E-state index in [0.717, 1.165) is 47.4 Å². The van der Waals surface area contributed by atoms with E-state index >= 15 is 0 Å². The molecular weight excluding hydrogens is 440 g/mol. The van der Waals surface area contributed by atoms with E-state index in [1.807, 2.05) is 35.9 Å². The van der Waals surface area contributed by atoms with Gasteiger partial charge in [0.05, 0.1) is 12.6 Å². The Morgan fingerprint density at radius 2 is 1.97 bits per heavy atom. The molecule has 6 rings (SSSR count). The standard InChI is InChI=1S/C27H30N6O2/c1-3-35-21-12-13-23-19(15-21)16-22(27(34)28-23)25(26-29-30-31-33(26)20-9-5-6-10-20)32-17(2)14-18-8-4-7-11-24(18)32/h4,7-8,11-13,15-17,20,25H,3,5-6,9-10,14H2,1-2H3,(H,28,34)/t17-,25-/m0/s1. The molecule has 1 N–H and O–H groups in total. The minimum Gasteiger partial charge on any atom is -0.494 e. The van der Waals surface area contributed by atoms with Crippen LogP contribution in [0.1, 0.15) is 68.6 Å². The van der Waals surface area contributed by atoms with Gasteiger partial charge in [-0.1, -0.05) is 31.0 Å². The Morgan fingerprint density at radius 3 is 2.80 bits per heavy atom. The second-order valence-corrected chi connectivity index (χ2v) is 9.65. The van der Waals surface area contributed by atoms with Crippen molar-refractivity contribution < 1.29 is 4.74 Å². The number of anilines is 1. The molecule has 180 valence electrons. The lowest BCUT2D eigenvalue weighted by Crippen LogP contribution is -2.39. The summed E-state index contributed by atoms with van der Waals surface area (Å²) in [6.07, 6.45) is 5.38. The minimum atomic E-state index is -0.409. The maximum atomic E-state index is 13.6. The zero-order valence-electron chi connectivity index (χ0n) is 20.1. The highest BCUT2D eigenvalue weighted by Gasteiger charge is 2.39. The number of aromatic nitrogens is 5. The maximum absolute atomic E-state index is 13.6. The molecule has 8 heteroatoms. The molecule has 2 atom stereocenters. The summed E-state index contributed by atoms with van der Waals surface area (Å²) in [5, 5.41) is 14.0. The van der Waals surface area contributed by atoms with Gasteiger partial charge in [-0.3, -0.25) is 4.79 Å². The van der Waals surface area contributed by atoms with Crippen LogP contribution in [0.25, 0.3) is 10.9 Å². The van der Waals surface area contributed by atoms with Gasteiger partial charge in [0.2, 0.25) is 0 Å². The van der Waals surface area contributed by atoms with E-state index < -0.39 is 6.04 Å². The summed E-state index contributed by atoms with van der Waals surface area (Å²) >= 11 is 0. The number of nitrogens with zero attached hydrogens (tertiary/aromatic N) is 5. The normalized spacial score (nSPS) is 18.8. The molecule has 0 saturated heterocycles. The molecule has 0 spiro atoms. The van der Waals surface area contributed by atoms with Gasteiger partial charge in [-0.25, -0.2) is 4.68 Å². The van der Waals surface area contributed by atoms with E-state index in [2.05, 4.69) is 56.6 Å². The average Bonchev–Trinajstić information content (AvgIpc) is 3.60. The van der Waals surface area contributed by atoms with E-state index in [1.54, 1.807) is 0 Å². The predicted octanol–water partition coefficient (Wildman–Crippen LogP) is 4.57. The summed E-state index contributed by atoms with van der Waals surface area (Å²) < 4.78 is 7.71. The largest absolute Gasteiger partial charge is 0.494 e. The summed E-state index contributed by atoms with van der Waals surface area (Å²) in [6, 6.07) is 16.2. The van der Waals surface area contributed by atoms with Crippen LogP contribution in [0, 0.1) is 0 Å². The third kappa shape index (κ3) is 3.77. The SMILES string of the molecule is CCOc1ccc2[nH]c(=O)c([C@@H](c3nnnn3C3CCCC3)N3c4ccccc4C[C@@H]3C)cc2c1. The average molecular weight is 471 g/mol. The van der Waals surface area contributed by atoms with Gasteiger partial charge in [-0.15, -0.1) is 5.10 Å². The Morgan fingerprint density at radius 1 is 1.14 bits per heavy atom. The molecule has 35 heavy (non-hydrogen) atoms. The van der Waals surface area contributed by atoms with Gasteiger partial charge < -0.3 is 14.6 Å². The van der Waals surface area contributed by atoms with Crippen molar-refractivity contribution in [3.05, 3.63) is 75.8 Å². The van der Waals surface area contributed by atoms with Gasteiger partial charge in [-0.2, -0.15) is 0 Å². The molecule has 2 aromatic heterocycles. The fourth-order valence-corrected chi connectivity index (χ4v) is 5.85. The van der Waals surface area contributed by atoms with Crippen molar-refractivity contribution in [3.63, 3.8) is 0 Å². The number of hydrogen-bond donors (Lipinski definition) is 1. The van der Waals surface area contributed by atoms with Gasteiger partial charge in [0.15, 0.2) is 5.82 Å². The molecule has 2 aromatic carbocycles. The summed E-state index contributed by atoms with van der Waals surface area (Å²) in [4.78, 5) is 19.0. The lowest BCUT2D eigenvalue weighted by Gasteiger charge is -2.34. The Bertz CT molecular complexity index is 1420. The first kappa shape index (κ1) is 21.8. The number of benzene rings is 2. The van der Waals surface area contributed by atoms with Crippen molar-refractivity contribution in [1.29, 1.82) is 0 Å². The third-order valence-electron chi connectivity index (χ3n) is 7.42. The van der Waals surface area contributed by atoms with Crippen molar-refractivity contribution in [2.24, 2.45) is 0 Å². The highest BCUT2D eigenvalue weighted by molar-refractivity contribution is 5.81. The van der Waals surface area contributed by atoms with Crippen LogP contribution in [0.2, 0.25) is 0 Å². The molecule has 0 radical (unpaired) electrons. The van der Waals surface area contributed by atoms with Crippen LogP contribution in [0.3, 0.4) is 0 Å². The number of H-pyrrole nitrogens is 1. The number of hydrogen-bond acceptors (Lipinski definition) is 6. The Balaban J connectivity index is 1.56. The quantitative estimate of drug-likeness (QED) is 0.444. The van der Waals surface area contributed by atoms with Crippen LogP contribution in [-0.2, 0) is 6.42 Å². The van der Waals surface area contributed by atoms with Gasteiger partial charge in [-0.05, 0) is 79.4 Å². The Labute approximate surface area is 203 Å². The van der Waals surface area contributed by atoms with Crippen LogP contribution < -0.4 is 15.2 Å². The first-order valence-electron chi connectivity index (χ1n) is 12.6. The van der Waals surface area contributed by atoms with Crippen LogP contribution in [0.5, 0.6) is 5.75 Å². The van der Waals surface area contributed by atoms with Crippen molar-refractivity contribution >= 4 is 16.6 Å². The van der Waals surface area contributed by atoms with Gasteiger partial charge in [0.25, 0.3) is 5.56 Å². The van der Waals surface area contributed by atoms with E-state index in [4.69, 9.17) is 4.74 Å². The molecule has 1 aliphatic carbocycles. The van der Waals surface area contributed by atoms with E-state index in [1.165, 1.54) is 18.4 Å². The molecule has 8 nitrogen and oxygen atoms in total. The summed E-state index contributed by atoms with van der Waals surface area (Å²) in [5.41, 5.74) is 3.72. The third-order valence-corrected chi connectivity index (χ3v) is 7.42. The minimum absolute atomic E-state index is 0.121. The zero-order chi connectivity index (χ0) is 23.9. The maximum Gasteiger partial charge on any atom is 0.254 e. The van der Waals surface area contributed by atoms with E-state index in [0.29, 0.717) is 12.2 Å². The molecule has 2 aliphatic rings.